The number of hydrogen-bond donors (Lipinski definition) is 0. The summed E-state index contributed by atoms with van der Waals surface area (Å²) in [5, 5.41) is 0.0444. The first kappa shape index (κ1) is 27.1. The molecule has 1 aromatic heterocycles. The van der Waals surface area contributed by atoms with Crippen LogP contribution < -0.4 is 4.90 Å². The van der Waals surface area contributed by atoms with Crippen LogP contribution in [-0.4, -0.2) is 38.1 Å². The van der Waals surface area contributed by atoms with Crippen LogP contribution in [0.15, 0.2) is 12.3 Å². The van der Waals surface area contributed by atoms with Crippen molar-refractivity contribution < 1.29 is 23.5 Å². The third kappa shape index (κ3) is 8.99. The second-order valence-electron chi connectivity index (χ2n) is 11.1. The van der Waals surface area contributed by atoms with Crippen molar-refractivity contribution in [2.45, 2.75) is 105 Å². The number of aromatic nitrogens is 1. The molecule has 0 saturated carbocycles. The highest BCUT2D eigenvalue weighted by Crippen LogP contribution is 2.32. The van der Waals surface area contributed by atoms with Crippen molar-refractivity contribution in [3.8, 4) is 0 Å². The Morgan fingerprint density at radius 1 is 0.871 bits per heavy atom. The van der Waals surface area contributed by atoms with Gasteiger partial charge in [0, 0.05) is 11.8 Å². The maximum Gasteiger partial charge on any atom is 0.425 e. The van der Waals surface area contributed by atoms with Crippen LogP contribution >= 0.6 is 0 Å². The molecule has 0 spiro atoms. The van der Waals surface area contributed by atoms with Crippen LogP contribution in [0.2, 0.25) is 5.04 Å². The molecule has 2 amide bonds. The SMILES string of the molecule is Cc1cc(N(C(=O)OC(C)(C)C)C(=O)OC(C)(C)C)ncc1C(C)(C)O[Si]C(C)(C)C. The van der Waals surface area contributed by atoms with E-state index >= 15 is 0 Å². The number of imide groups is 1. The first-order valence-corrected chi connectivity index (χ1v) is 11.3. The standard InChI is InChI=1S/C23H38N2O5Si/c1-15-13-17(24-14-16(15)23(11,12)30-31-22(8,9)10)25(18(26)28-20(2,3)4)19(27)29-21(5,6)7/h13-14H,1-12H3. The van der Waals surface area contributed by atoms with Crippen LogP contribution in [0.1, 0.15) is 87.3 Å². The van der Waals surface area contributed by atoms with Crippen LogP contribution in [0.25, 0.3) is 0 Å². The molecule has 0 bridgehead atoms. The Morgan fingerprint density at radius 3 is 1.68 bits per heavy atom. The highest BCUT2D eigenvalue weighted by Gasteiger charge is 2.35. The predicted octanol–water partition coefficient (Wildman–Crippen LogP) is 6.16. The highest BCUT2D eigenvalue weighted by molar-refractivity contribution is 6.31. The molecule has 0 aromatic carbocycles. The Kier molecular flexibility index (Phi) is 8.11. The van der Waals surface area contributed by atoms with E-state index in [1.807, 2.05) is 20.8 Å². The van der Waals surface area contributed by atoms with Gasteiger partial charge in [0.15, 0.2) is 0 Å². The fourth-order valence-corrected chi connectivity index (χ4v) is 3.18. The molecule has 0 aliphatic rings. The molecule has 31 heavy (non-hydrogen) atoms. The molecule has 0 atom stereocenters. The summed E-state index contributed by atoms with van der Waals surface area (Å²) in [7, 11) is 0.300. The molecule has 8 heteroatoms. The van der Waals surface area contributed by atoms with Gasteiger partial charge in [-0.05, 0) is 79.0 Å². The van der Waals surface area contributed by atoms with Crippen molar-refractivity contribution in [1.82, 2.24) is 4.98 Å². The Labute approximate surface area is 189 Å². The molecule has 1 aromatic rings. The fourth-order valence-electron chi connectivity index (χ4n) is 2.51. The van der Waals surface area contributed by atoms with E-state index in [-0.39, 0.29) is 10.9 Å². The number of carbonyl (C=O) groups is 2. The second-order valence-corrected chi connectivity index (χ2v) is 13.0. The zero-order valence-electron chi connectivity index (χ0n) is 21.1. The smallest absolute Gasteiger partial charge is 0.425 e. The average molecular weight is 451 g/mol. The predicted molar refractivity (Wildman–Crippen MR) is 124 cm³/mol. The number of ether oxygens (including phenoxy) is 2. The molecular weight excluding hydrogens is 412 g/mol. The molecular formula is C23H38N2O5Si. The van der Waals surface area contributed by atoms with Crippen molar-refractivity contribution in [3.05, 3.63) is 23.4 Å². The van der Waals surface area contributed by atoms with E-state index in [0.717, 1.165) is 16.0 Å². The lowest BCUT2D eigenvalue weighted by molar-refractivity contribution is 0.0429. The third-order valence-corrected chi connectivity index (χ3v) is 4.96. The summed E-state index contributed by atoms with van der Waals surface area (Å²) < 4.78 is 17.0. The molecule has 0 saturated heterocycles. The van der Waals surface area contributed by atoms with Crippen molar-refractivity contribution in [2.75, 3.05) is 4.90 Å². The monoisotopic (exact) mass is 450 g/mol. The van der Waals surface area contributed by atoms with Gasteiger partial charge < -0.3 is 13.9 Å². The number of nitrogens with zero attached hydrogens (tertiary/aromatic N) is 2. The number of hydrogen-bond acceptors (Lipinski definition) is 6. The van der Waals surface area contributed by atoms with Gasteiger partial charge in [0.1, 0.15) is 17.0 Å². The van der Waals surface area contributed by atoms with Gasteiger partial charge in [-0.15, -0.1) is 0 Å². The zero-order chi connectivity index (χ0) is 24.4. The summed E-state index contributed by atoms with van der Waals surface area (Å²) in [4.78, 5) is 30.9. The minimum absolute atomic E-state index is 0.0444. The van der Waals surface area contributed by atoms with E-state index in [4.69, 9.17) is 13.9 Å². The van der Waals surface area contributed by atoms with E-state index in [9.17, 15) is 9.59 Å². The average Bonchev–Trinajstić information content (AvgIpc) is 2.48. The van der Waals surface area contributed by atoms with Gasteiger partial charge in [-0.3, -0.25) is 0 Å². The molecule has 1 heterocycles. The van der Waals surface area contributed by atoms with Crippen molar-refractivity contribution >= 4 is 27.8 Å². The van der Waals surface area contributed by atoms with E-state index in [2.05, 4.69) is 25.8 Å². The van der Waals surface area contributed by atoms with E-state index in [0.29, 0.717) is 9.76 Å². The van der Waals surface area contributed by atoms with Gasteiger partial charge in [-0.2, -0.15) is 4.90 Å². The van der Waals surface area contributed by atoms with Crippen molar-refractivity contribution in [3.63, 3.8) is 0 Å². The van der Waals surface area contributed by atoms with Crippen LogP contribution in [0.5, 0.6) is 0 Å². The summed E-state index contributed by atoms with van der Waals surface area (Å²) in [6, 6.07) is 1.68. The Balaban J connectivity index is 3.32. The minimum atomic E-state index is -0.842. The van der Waals surface area contributed by atoms with Crippen LogP contribution in [-0.2, 0) is 19.5 Å². The summed E-state index contributed by atoms with van der Waals surface area (Å²) >= 11 is 0. The molecule has 0 aliphatic carbocycles. The minimum Gasteiger partial charge on any atom is -0.443 e. The number of carbonyl (C=O) groups excluding carboxylic acids is 2. The second kappa shape index (κ2) is 9.28. The van der Waals surface area contributed by atoms with Gasteiger partial charge in [0.2, 0.25) is 9.76 Å². The van der Waals surface area contributed by atoms with Gasteiger partial charge in [0.05, 0.1) is 5.60 Å². The summed E-state index contributed by atoms with van der Waals surface area (Å²) in [5.41, 5.74) is -0.428. The summed E-state index contributed by atoms with van der Waals surface area (Å²) in [6.45, 7) is 22.6. The fraction of sp³-hybridized carbons (Fsp3) is 0.696. The van der Waals surface area contributed by atoms with Crippen LogP contribution in [0, 0.1) is 6.92 Å². The molecule has 0 N–H and O–H groups in total. The molecule has 0 unspecified atom stereocenters. The third-order valence-electron chi connectivity index (χ3n) is 3.74. The first-order valence-electron chi connectivity index (χ1n) is 10.4. The summed E-state index contributed by atoms with van der Waals surface area (Å²) in [5.74, 6) is 0.138. The van der Waals surface area contributed by atoms with E-state index in [1.54, 1.807) is 53.8 Å². The number of aryl methyl sites for hydroxylation is 1. The normalized spacial score (nSPS) is 13.0. The van der Waals surface area contributed by atoms with Crippen molar-refractivity contribution in [2.24, 2.45) is 0 Å². The first-order chi connectivity index (χ1) is 13.7. The molecule has 0 aliphatic heterocycles. The van der Waals surface area contributed by atoms with E-state index in [1.165, 1.54) is 0 Å². The van der Waals surface area contributed by atoms with Gasteiger partial charge in [-0.1, -0.05) is 20.8 Å². The Hall–Kier alpha value is -1.93. The lowest BCUT2D eigenvalue weighted by Gasteiger charge is -2.31. The Morgan fingerprint density at radius 2 is 1.32 bits per heavy atom. The lowest BCUT2D eigenvalue weighted by Crippen LogP contribution is -2.44. The van der Waals surface area contributed by atoms with E-state index < -0.39 is 29.0 Å². The largest absolute Gasteiger partial charge is 0.443 e. The lowest BCUT2D eigenvalue weighted by atomic mass is 9.96. The maximum atomic E-state index is 12.8. The molecule has 1 rings (SSSR count). The zero-order valence-corrected chi connectivity index (χ0v) is 22.1. The van der Waals surface area contributed by atoms with Crippen molar-refractivity contribution in [1.29, 1.82) is 0 Å². The molecule has 2 radical (unpaired) electrons. The van der Waals surface area contributed by atoms with Gasteiger partial charge >= 0.3 is 12.2 Å². The maximum absolute atomic E-state index is 12.8. The summed E-state index contributed by atoms with van der Waals surface area (Å²) in [6.07, 6.45) is -0.0447. The van der Waals surface area contributed by atoms with Crippen LogP contribution in [0.3, 0.4) is 0 Å². The molecule has 174 valence electrons. The number of rotatable bonds is 4. The van der Waals surface area contributed by atoms with Gasteiger partial charge in [-0.25, -0.2) is 14.6 Å². The number of anilines is 1. The topological polar surface area (TPSA) is 78.0 Å². The molecule has 0 fully saturated rings. The van der Waals surface area contributed by atoms with Gasteiger partial charge in [0.25, 0.3) is 0 Å². The quantitative estimate of drug-likeness (QED) is 0.512. The van der Waals surface area contributed by atoms with Crippen LogP contribution in [0.4, 0.5) is 15.4 Å². The number of pyridine rings is 1. The number of amides is 2. The molecule has 7 nitrogen and oxygen atoms in total. The highest BCUT2D eigenvalue weighted by atomic mass is 28.2. The Bertz CT molecular complexity index is 774.